The van der Waals surface area contributed by atoms with Crippen LogP contribution in [0.4, 0.5) is 0 Å². The molecule has 7 heteroatoms. The number of nitrogens with one attached hydrogen (secondary N) is 1. The first-order valence-electron chi connectivity index (χ1n) is 6.06. The van der Waals surface area contributed by atoms with E-state index in [0.29, 0.717) is 16.1 Å². The Morgan fingerprint density at radius 2 is 1.67 bits per heavy atom. The van der Waals surface area contributed by atoms with Gasteiger partial charge in [0.1, 0.15) is 0 Å². The fourth-order valence-electron chi connectivity index (χ4n) is 1.78. The second kappa shape index (κ2) is 6.77. The summed E-state index contributed by atoms with van der Waals surface area (Å²) in [6.07, 6.45) is 0. The second-order valence-corrected chi connectivity index (χ2v) is 6.91. The average molecular weight is 346 g/mol. The zero-order chi connectivity index (χ0) is 15.5. The van der Waals surface area contributed by atoms with E-state index in [1.807, 2.05) is 0 Å². The summed E-state index contributed by atoms with van der Waals surface area (Å²) in [7, 11) is -3.70. The van der Waals surface area contributed by atoms with E-state index in [1.165, 1.54) is 18.2 Å². The van der Waals surface area contributed by atoms with Crippen LogP contribution in [-0.4, -0.2) is 13.5 Å². The van der Waals surface area contributed by atoms with Crippen LogP contribution >= 0.6 is 23.2 Å². The van der Waals surface area contributed by atoms with Crippen molar-refractivity contribution in [3.05, 3.63) is 63.6 Å². The molecule has 0 spiro atoms. The van der Waals surface area contributed by atoms with Crippen LogP contribution in [0.1, 0.15) is 11.1 Å². The molecule has 0 heterocycles. The van der Waals surface area contributed by atoms with Gasteiger partial charge in [-0.05, 0) is 29.3 Å². The molecule has 0 saturated carbocycles. The van der Waals surface area contributed by atoms with E-state index in [-0.39, 0.29) is 23.1 Å². The maximum absolute atomic E-state index is 12.2. The van der Waals surface area contributed by atoms with E-state index in [4.69, 9.17) is 23.2 Å². The lowest BCUT2D eigenvalue weighted by Gasteiger charge is -2.10. The number of hydrogen-bond acceptors (Lipinski definition) is 3. The van der Waals surface area contributed by atoms with Crippen LogP contribution in [0.5, 0.6) is 0 Å². The van der Waals surface area contributed by atoms with Crippen molar-refractivity contribution in [1.29, 1.82) is 0 Å². The molecule has 2 N–H and O–H groups in total. The first-order chi connectivity index (χ1) is 9.94. The lowest BCUT2D eigenvalue weighted by Crippen LogP contribution is -2.23. The Morgan fingerprint density at radius 3 is 2.29 bits per heavy atom. The van der Waals surface area contributed by atoms with Crippen molar-refractivity contribution < 1.29 is 13.5 Å². The Hall–Kier alpha value is -1.11. The second-order valence-electron chi connectivity index (χ2n) is 4.33. The summed E-state index contributed by atoms with van der Waals surface area (Å²) < 4.78 is 26.9. The smallest absolute Gasteiger partial charge is 0.240 e. The van der Waals surface area contributed by atoms with Crippen LogP contribution in [-0.2, 0) is 23.2 Å². The van der Waals surface area contributed by atoms with E-state index in [1.54, 1.807) is 24.3 Å². The number of aliphatic hydroxyl groups is 1. The Morgan fingerprint density at radius 1 is 1.00 bits per heavy atom. The van der Waals surface area contributed by atoms with Crippen molar-refractivity contribution in [3.8, 4) is 0 Å². The number of sulfonamides is 1. The van der Waals surface area contributed by atoms with Gasteiger partial charge in [0.2, 0.25) is 10.0 Å². The predicted octanol–water partition coefficient (Wildman–Crippen LogP) is 2.96. The molecule has 2 aromatic carbocycles. The van der Waals surface area contributed by atoms with Crippen molar-refractivity contribution in [1.82, 2.24) is 4.72 Å². The van der Waals surface area contributed by atoms with Crippen LogP contribution < -0.4 is 4.72 Å². The molecule has 2 rings (SSSR count). The highest BCUT2D eigenvalue weighted by molar-refractivity contribution is 7.89. The van der Waals surface area contributed by atoms with E-state index < -0.39 is 10.0 Å². The molecular formula is C14H13Cl2NO3S. The third-order valence-electron chi connectivity index (χ3n) is 2.94. The largest absolute Gasteiger partial charge is 0.392 e. The molecule has 0 bridgehead atoms. The molecule has 0 aromatic heterocycles. The van der Waals surface area contributed by atoms with Gasteiger partial charge in [-0.25, -0.2) is 13.1 Å². The van der Waals surface area contributed by atoms with E-state index in [0.717, 1.165) is 0 Å². The van der Waals surface area contributed by atoms with Gasteiger partial charge in [0.05, 0.1) is 21.5 Å². The minimum Gasteiger partial charge on any atom is -0.392 e. The normalized spacial score (nSPS) is 11.6. The van der Waals surface area contributed by atoms with Crippen molar-refractivity contribution in [3.63, 3.8) is 0 Å². The van der Waals surface area contributed by atoms with Gasteiger partial charge in [-0.2, -0.15) is 0 Å². The van der Waals surface area contributed by atoms with Crippen LogP contribution in [0, 0.1) is 0 Å². The fourth-order valence-corrected chi connectivity index (χ4v) is 3.18. The number of halogens is 2. The van der Waals surface area contributed by atoms with Crippen LogP contribution in [0.3, 0.4) is 0 Å². The van der Waals surface area contributed by atoms with Crippen molar-refractivity contribution >= 4 is 33.2 Å². The molecule has 112 valence electrons. The monoisotopic (exact) mass is 345 g/mol. The van der Waals surface area contributed by atoms with Crippen molar-refractivity contribution in [2.75, 3.05) is 0 Å². The zero-order valence-electron chi connectivity index (χ0n) is 10.9. The molecule has 0 atom stereocenters. The Bertz CT molecular complexity index is 748. The Labute approximate surface area is 133 Å². The topological polar surface area (TPSA) is 66.4 Å². The van der Waals surface area contributed by atoms with Gasteiger partial charge in [-0.1, -0.05) is 47.5 Å². The summed E-state index contributed by atoms with van der Waals surface area (Å²) in [4.78, 5) is 0.0402. The molecular weight excluding hydrogens is 333 g/mol. The summed E-state index contributed by atoms with van der Waals surface area (Å²) in [5.74, 6) is 0. The van der Waals surface area contributed by atoms with Crippen LogP contribution in [0.15, 0.2) is 47.4 Å². The van der Waals surface area contributed by atoms with Crippen molar-refractivity contribution in [2.45, 2.75) is 18.0 Å². The van der Waals surface area contributed by atoms with Gasteiger partial charge in [-0.3, -0.25) is 0 Å². The van der Waals surface area contributed by atoms with Gasteiger partial charge >= 0.3 is 0 Å². The highest BCUT2D eigenvalue weighted by Crippen LogP contribution is 2.24. The fraction of sp³-hybridized carbons (Fsp3) is 0.143. The number of aliphatic hydroxyl groups excluding tert-OH is 1. The highest BCUT2D eigenvalue weighted by atomic mass is 35.5. The first kappa shape index (κ1) is 16.3. The molecule has 0 amide bonds. The summed E-state index contributed by atoms with van der Waals surface area (Å²) in [6, 6.07) is 11.2. The maximum Gasteiger partial charge on any atom is 0.240 e. The van der Waals surface area contributed by atoms with Crippen molar-refractivity contribution in [2.24, 2.45) is 0 Å². The molecule has 4 nitrogen and oxygen atoms in total. The Balaban J connectivity index is 2.20. The summed E-state index contributed by atoms with van der Waals surface area (Å²) in [5.41, 5.74) is 1.39. The third kappa shape index (κ3) is 3.96. The maximum atomic E-state index is 12.2. The lowest BCUT2D eigenvalue weighted by atomic mass is 10.1. The molecule has 0 aliphatic carbocycles. The van der Waals surface area contributed by atoms with Gasteiger partial charge in [-0.15, -0.1) is 0 Å². The zero-order valence-corrected chi connectivity index (χ0v) is 13.2. The molecule has 0 fully saturated rings. The lowest BCUT2D eigenvalue weighted by molar-refractivity contribution is 0.280. The Kier molecular flexibility index (Phi) is 5.24. The summed E-state index contributed by atoms with van der Waals surface area (Å²) in [5, 5.41) is 9.69. The molecule has 0 radical (unpaired) electrons. The van der Waals surface area contributed by atoms with E-state index in [9.17, 15) is 13.5 Å². The van der Waals surface area contributed by atoms with Gasteiger partial charge in [0.25, 0.3) is 0 Å². The number of hydrogen-bond donors (Lipinski definition) is 2. The third-order valence-corrected chi connectivity index (χ3v) is 5.08. The van der Waals surface area contributed by atoms with Gasteiger partial charge in [0, 0.05) is 6.54 Å². The van der Waals surface area contributed by atoms with E-state index in [2.05, 4.69) is 4.72 Å². The molecule has 0 aliphatic rings. The summed E-state index contributed by atoms with van der Waals surface area (Å²) >= 11 is 11.6. The van der Waals surface area contributed by atoms with Gasteiger partial charge < -0.3 is 5.11 Å². The molecule has 21 heavy (non-hydrogen) atoms. The molecule has 0 saturated heterocycles. The average Bonchev–Trinajstić information content (AvgIpc) is 2.48. The number of rotatable bonds is 5. The van der Waals surface area contributed by atoms with E-state index >= 15 is 0 Å². The number of benzene rings is 2. The standard InChI is InChI=1S/C14H13Cl2NO3S/c15-13-6-5-12(7-14(13)16)21(19,20)17-8-10-3-1-2-4-11(10)9-18/h1-7,17-18H,8-9H2. The molecule has 2 aromatic rings. The first-order valence-corrected chi connectivity index (χ1v) is 8.30. The quantitative estimate of drug-likeness (QED) is 0.875. The van der Waals surface area contributed by atoms with Crippen LogP contribution in [0.2, 0.25) is 10.0 Å². The minimum absolute atomic E-state index is 0.0402. The highest BCUT2D eigenvalue weighted by Gasteiger charge is 2.15. The minimum atomic E-state index is -3.70. The SMILES string of the molecule is O=S(=O)(NCc1ccccc1CO)c1ccc(Cl)c(Cl)c1. The van der Waals surface area contributed by atoms with Gasteiger partial charge in [0.15, 0.2) is 0 Å². The summed E-state index contributed by atoms with van der Waals surface area (Å²) in [6.45, 7) is -0.0655. The molecule has 0 aliphatic heterocycles. The molecule has 0 unspecified atom stereocenters. The van der Waals surface area contributed by atoms with Crippen LogP contribution in [0.25, 0.3) is 0 Å². The predicted molar refractivity (Wildman–Crippen MR) is 82.9 cm³/mol.